The highest BCUT2D eigenvalue weighted by Gasteiger charge is 2.15. The van der Waals surface area contributed by atoms with Gasteiger partial charge in [-0.1, -0.05) is 6.08 Å². The van der Waals surface area contributed by atoms with Gasteiger partial charge in [0.05, 0.1) is 28.6 Å². The largest absolute Gasteiger partial charge is 0.485 e. The molecule has 0 unspecified atom stereocenters. The lowest BCUT2D eigenvalue weighted by Crippen LogP contribution is -2.29. The molecule has 8 heteroatoms. The lowest BCUT2D eigenvalue weighted by molar-refractivity contribution is 0.308. The number of nitrogens with one attached hydrogen (secondary N) is 2. The maximum Gasteiger partial charge on any atom is 0.166 e. The van der Waals surface area contributed by atoms with Crippen molar-refractivity contribution in [2.45, 2.75) is 6.61 Å². The van der Waals surface area contributed by atoms with Gasteiger partial charge in [-0.05, 0) is 36.4 Å². The smallest absolute Gasteiger partial charge is 0.166 e. The predicted octanol–water partition coefficient (Wildman–Crippen LogP) is 3.25. The van der Waals surface area contributed by atoms with Crippen molar-refractivity contribution in [2.24, 2.45) is 0 Å². The first-order valence-corrected chi connectivity index (χ1v) is 8.81. The van der Waals surface area contributed by atoms with Crippen LogP contribution in [0.15, 0.2) is 55.0 Å². The summed E-state index contributed by atoms with van der Waals surface area (Å²) in [7, 11) is 0. The minimum Gasteiger partial charge on any atom is -0.485 e. The Bertz CT molecular complexity index is 1220. The Morgan fingerprint density at radius 3 is 2.96 bits per heavy atom. The van der Waals surface area contributed by atoms with Gasteiger partial charge >= 0.3 is 0 Å². The number of hydrogen-bond acceptors (Lipinski definition) is 6. The molecule has 7 nitrogen and oxygen atoms in total. The molecule has 0 radical (unpaired) electrons. The summed E-state index contributed by atoms with van der Waals surface area (Å²) in [6, 6.07) is 10.1. The summed E-state index contributed by atoms with van der Waals surface area (Å²) in [5.74, 6) is 0.352. The van der Waals surface area contributed by atoms with Gasteiger partial charge in [0.15, 0.2) is 11.6 Å². The fraction of sp³-hybridized carbons (Fsp3) is 0.100. The quantitative estimate of drug-likeness (QED) is 0.506. The number of hydrazine groups is 1. The number of halogens is 1. The molecule has 0 bridgehead atoms. The molecule has 2 aromatic heterocycles. The van der Waals surface area contributed by atoms with Crippen LogP contribution in [-0.2, 0) is 6.61 Å². The molecule has 0 saturated heterocycles. The fourth-order valence-corrected chi connectivity index (χ4v) is 3.30. The van der Waals surface area contributed by atoms with Crippen molar-refractivity contribution in [3.05, 3.63) is 66.4 Å². The molecule has 0 spiro atoms. The van der Waals surface area contributed by atoms with Crippen LogP contribution < -0.4 is 20.9 Å². The van der Waals surface area contributed by atoms with Gasteiger partial charge in [0.2, 0.25) is 0 Å². The molecule has 0 atom stereocenters. The van der Waals surface area contributed by atoms with Crippen molar-refractivity contribution in [3.8, 4) is 5.75 Å². The summed E-state index contributed by atoms with van der Waals surface area (Å²) in [6.07, 6.45) is 5.65. The fourth-order valence-electron chi connectivity index (χ4n) is 3.30. The van der Waals surface area contributed by atoms with Crippen LogP contribution in [-0.4, -0.2) is 21.5 Å². The molecule has 1 aliphatic heterocycles. The van der Waals surface area contributed by atoms with Gasteiger partial charge < -0.3 is 15.5 Å². The molecule has 0 amide bonds. The Kier molecular flexibility index (Phi) is 3.84. The molecule has 28 heavy (non-hydrogen) atoms. The van der Waals surface area contributed by atoms with Crippen LogP contribution in [0.4, 0.5) is 15.9 Å². The monoisotopic (exact) mass is 376 g/mol. The maximum atomic E-state index is 13.5. The van der Waals surface area contributed by atoms with Crippen molar-refractivity contribution < 1.29 is 9.13 Å². The molecule has 140 valence electrons. The van der Waals surface area contributed by atoms with Crippen molar-refractivity contribution in [1.29, 1.82) is 0 Å². The summed E-state index contributed by atoms with van der Waals surface area (Å²) in [5, 5.41) is 2.57. The number of H-pyrrole nitrogens is 1. The van der Waals surface area contributed by atoms with Crippen LogP contribution in [0.25, 0.3) is 21.9 Å². The summed E-state index contributed by atoms with van der Waals surface area (Å²) >= 11 is 0. The molecule has 0 aliphatic carbocycles. The number of fused-ring (bicyclic) bond motifs is 2. The number of anilines is 2. The van der Waals surface area contributed by atoms with E-state index in [1.807, 2.05) is 29.4 Å². The van der Waals surface area contributed by atoms with Crippen molar-refractivity contribution in [1.82, 2.24) is 20.4 Å². The Morgan fingerprint density at radius 2 is 2.11 bits per heavy atom. The number of pyridine rings is 1. The van der Waals surface area contributed by atoms with Crippen LogP contribution >= 0.6 is 0 Å². The first-order valence-electron chi connectivity index (χ1n) is 8.81. The summed E-state index contributed by atoms with van der Waals surface area (Å²) < 4.78 is 19.5. The third-order valence-electron chi connectivity index (χ3n) is 4.67. The average Bonchev–Trinajstić information content (AvgIpc) is 3.37. The predicted molar refractivity (Wildman–Crippen MR) is 106 cm³/mol. The van der Waals surface area contributed by atoms with E-state index in [4.69, 9.17) is 10.5 Å². The van der Waals surface area contributed by atoms with E-state index < -0.39 is 0 Å². The first-order chi connectivity index (χ1) is 13.7. The Labute approximate surface area is 159 Å². The highest BCUT2D eigenvalue weighted by Crippen LogP contribution is 2.30. The summed E-state index contributed by atoms with van der Waals surface area (Å²) in [6.45, 7) is 1.02. The van der Waals surface area contributed by atoms with E-state index in [2.05, 4.69) is 20.4 Å². The van der Waals surface area contributed by atoms with Crippen LogP contribution in [0.2, 0.25) is 0 Å². The number of aromatic nitrogens is 3. The molecular formula is C20H17FN6O. The number of ether oxygens (including phenoxy) is 1. The zero-order valence-electron chi connectivity index (χ0n) is 14.8. The number of nitrogens with two attached hydrogens (primary N) is 1. The molecule has 0 fully saturated rings. The lowest BCUT2D eigenvalue weighted by atomic mass is 10.1. The average molecular weight is 376 g/mol. The molecule has 4 aromatic rings. The second-order valence-corrected chi connectivity index (χ2v) is 6.52. The van der Waals surface area contributed by atoms with Crippen LogP contribution in [0.1, 0.15) is 5.56 Å². The number of nitrogens with zero attached hydrogens (tertiary/aromatic N) is 3. The summed E-state index contributed by atoms with van der Waals surface area (Å²) in [4.78, 5) is 11.7. The van der Waals surface area contributed by atoms with E-state index in [9.17, 15) is 4.39 Å². The number of hydrogen-bond donors (Lipinski definition) is 3. The standard InChI is InChI=1S/C20H17FN6O/c21-14-2-3-15-12(6-14)8-19(20(22)26-15)28-10-13-7-16-17(24-11-23-16)9-18(13)27-5-1-4-25-27/h1-3,5-9,11,25H,4,10H2,(H2,22,26)(H,23,24). The van der Waals surface area contributed by atoms with Crippen LogP contribution in [0, 0.1) is 5.82 Å². The number of imidazole rings is 1. The van der Waals surface area contributed by atoms with Gasteiger partial charge in [0, 0.05) is 23.7 Å². The van der Waals surface area contributed by atoms with Crippen LogP contribution in [0.5, 0.6) is 5.75 Å². The minimum absolute atomic E-state index is 0.266. The molecule has 4 N–H and O–H groups in total. The molecule has 5 rings (SSSR count). The summed E-state index contributed by atoms with van der Waals surface area (Å²) in [5.41, 5.74) is 13.6. The second-order valence-electron chi connectivity index (χ2n) is 6.52. The lowest BCUT2D eigenvalue weighted by Gasteiger charge is -2.20. The molecule has 2 aromatic carbocycles. The Balaban J connectivity index is 1.50. The number of nitrogen functional groups attached to an aromatic ring is 1. The Hall–Kier alpha value is -3.65. The topological polar surface area (TPSA) is 92.1 Å². The third kappa shape index (κ3) is 2.89. The maximum absolute atomic E-state index is 13.5. The number of rotatable bonds is 4. The van der Waals surface area contributed by atoms with E-state index in [1.165, 1.54) is 12.1 Å². The van der Waals surface area contributed by atoms with E-state index in [0.29, 0.717) is 16.7 Å². The van der Waals surface area contributed by atoms with Gasteiger partial charge in [-0.2, -0.15) is 0 Å². The van der Waals surface area contributed by atoms with Gasteiger partial charge in [-0.3, -0.25) is 5.01 Å². The molecule has 1 aliphatic rings. The molecule has 3 heterocycles. The van der Waals surface area contributed by atoms with Gasteiger partial charge in [0.25, 0.3) is 0 Å². The molecule has 0 saturated carbocycles. The first kappa shape index (κ1) is 16.5. The minimum atomic E-state index is -0.330. The van der Waals surface area contributed by atoms with E-state index >= 15 is 0 Å². The van der Waals surface area contributed by atoms with E-state index in [1.54, 1.807) is 18.5 Å². The zero-order valence-corrected chi connectivity index (χ0v) is 14.8. The van der Waals surface area contributed by atoms with Crippen molar-refractivity contribution >= 4 is 33.4 Å². The third-order valence-corrected chi connectivity index (χ3v) is 4.67. The highest BCUT2D eigenvalue weighted by molar-refractivity contribution is 5.83. The van der Waals surface area contributed by atoms with Crippen molar-refractivity contribution in [3.63, 3.8) is 0 Å². The van der Waals surface area contributed by atoms with Gasteiger partial charge in [-0.25, -0.2) is 19.8 Å². The van der Waals surface area contributed by atoms with Crippen LogP contribution in [0.3, 0.4) is 0 Å². The van der Waals surface area contributed by atoms with E-state index in [0.717, 1.165) is 28.8 Å². The van der Waals surface area contributed by atoms with E-state index in [-0.39, 0.29) is 18.2 Å². The zero-order chi connectivity index (χ0) is 19.1. The number of benzene rings is 2. The van der Waals surface area contributed by atoms with Crippen molar-refractivity contribution in [2.75, 3.05) is 17.3 Å². The normalized spacial score (nSPS) is 13.7. The SMILES string of the molecule is Nc1nc2ccc(F)cc2cc1OCc1cc2[nH]cnc2cc1N1C=CCN1. The number of aromatic amines is 1. The van der Waals surface area contributed by atoms with Gasteiger partial charge in [-0.15, -0.1) is 0 Å². The molecular weight excluding hydrogens is 359 g/mol. The Morgan fingerprint density at radius 1 is 1.18 bits per heavy atom. The van der Waals surface area contributed by atoms with Gasteiger partial charge in [0.1, 0.15) is 12.4 Å². The second kappa shape index (κ2) is 6.50. The highest BCUT2D eigenvalue weighted by atomic mass is 19.1.